The molecule has 1 N–H and O–H groups in total. The molecule has 0 saturated carbocycles. The van der Waals surface area contributed by atoms with Crippen LogP contribution in [0.15, 0.2) is 24.3 Å². The summed E-state index contributed by atoms with van der Waals surface area (Å²) in [6.45, 7) is 5.31. The van der Waals surface area contributed by atoms with E-state index in [0.717, 1.165) is 25.2 Å². The number of nitro groups is 1. The van der Waals surface area contributed by atoms with Crippen LogP contribution in [0.1, 0.15) is 31.4 Å². The minimum absolute atomic E-state index is 0.179. The lowest BCUT2D eigenvalue weighted by atomic mass is 9.95. The average Bonchev–Trinajstić information content (AvgIpc) is 2.47. The Labute approximate surface area is 120 Å². The lowest BCUT2D eigenvalue weighted by Gasteiger charge is -2.37. The molecule has 1 fully saturated rings. The van der Waals surface area contributed by atoms with Crippen LogP contribution in [0.4, 0.5) is 5.69 Å². The van der Waals surface area contributed by atoms with Gasteiger partial charge in [-0.3, -0.25) is 15.0 Å². The second-order valence-corrected chi connectivity index (χ2v) is 5.59. The first-order chi connectivity index (χ1) is 9.61. The molecule has 20 heavy (non-hydrogen) atoms. The number of nitrogens with zero attached hydrogens (tertiary/aromatic N) is 2. The van der Waals surface area contributed by atoms with Crippen molar-refractivity contribution in [3.8, 4) is 0 Å². The van der Waals surface area contributed by atoms with E-state index in [1.165, 1.54) is 12.8 Å². The highest BCUT2D eigenvalue weighted by Gasteiger charge is 2.24. The minimum Gasteiger partial charge on any atom is -0.319 e. The molecule has 110 valence electrons. The Kier molecular flexibility index (Phi) is 5.09. The molecule has 0 amide bonds. The second-order valence-electron chi connectivity index (χ2n) is 5.59. The molecule has 1 aromatic rings. The number of hydrogen-bond acceptors (Lipinski definition) is 4. The van der Waals surface area contributed by atoms with Gasteiger partial charge in [0, 0.05) is 24.7 Å². The van der Waals surface area contributed by atoms with Gasteiger partial charge in [0.25, 0.3) is 5.69 Å². The van der Waals surface area contributed by atoms with Gasteiger partial charge in [0.2, 0.25) is 0 Å². The van der Waals surface area contributed by atoms with Crippen molar-refractivity contribution in [3.05, 3.63) is 39.9 Å². The van der Waals surface area contributed by atoms with Crippen molar-refractivity contribution in [2.45, 2.75) is 25.8 Å². The molecule has 1 saturated heterocycles. The summed E-state index contributed by atoms with van der Waals surface area (Å²) in [5.41, 5.74) is 1.21. The van der Waals surface area contributed by atoms with Crippen molar-refractivity contribution in [1.29, 1.82) is 0 Å². The Balaban J connectivity index is 2.08. The molecular weight excluding hydrogens is 254 g/mol. The Morgan fingerprint density at radius 3 is 3.05 bits per heavy atom. The summed E-state index contributed by atoms with van der Waals surface area (Å²) in [6.07, 6.45) is 2.46. The molecule has 1 aliphatic rings. The number of non-ortho nitro benzene ring substituents is 1. The molecule has 1 aromatic carbocycles. The lowest BCUT2D eigenvalue weighted by molar-refractivity contribution is -0.385. The van der Waals surface area contributed by atoms with Crippen LogP contribution in [0, 0.1) is 16.0 Å². The maximum Gasteiger partial charge on any atom is 0.269 e. The first-order valence-corrected chi connectivity index (χ1v) is 7.25. The number of likely N-dealkylation sites (tertiary alicyclic amines) is 1. The van der Waals surface area contributed by atoms with E-state index in [-0.39, 0.29) is 16.7 Å². The average molecular weight is 277 g/mol. The minimum atomic E-state index is -0.323. The fourth-order valence-corrected chi connectivity index (χ4v) is 3.01. The van der Waals surface area contributed by atoms with Gasteiger partial charge in [-0.1, -0.05) is 12.1 Å². The van der Waals surface area contributed by atoms with Crippen LogP contribution in [-0.2, 0) is 0 Å². The van der Waals surface area contributed by atoms with Crippen LogP contribution >= 0.6 is 0 Å². The van der Waals surface area contributed by atoms with Gasteiger partial charge in [0.1, 0.15) is 0 Å². The summed E-state index contributed by atoms with van der Waals surface area (Å²) in [5, 5.41) is 14.1. The van der Waals surface area contributed by atoms with E-state index in [1.807, 2.05) is 13.1 Å². The standard InChI is InChI=1S/C15H23N3O2/c1-12(14-6-3-7-15(9-14)18(19)20)17-8-4-5-13(11-17)10-16-2/h3,6-7,9,12-13,16H,4-5,8,10-11H2,1-2H3. The third kappa shape index (κ3) is 3.55. The van der Waals surface area contributed by atoms with Crippen LogP contribution in [0.25, 0.3) is 0 Å². The number of nitro benzene ring substituents is 1. The van der Waals surface area contributed by atoms with Gasteiger partial charge in [-0.25, -0.2) is 0 Å². The van der Waals surface area contributed by atoms with Crippen molar-refractivity contribution in [2.24, 2.45) is 5.92 Å². The molecule has 5 nitrogen and oxygen atoms in total. The van der Waals surface area contributed by atoms with E-state index in [0.29, 0.717) is 5.92 Å². The molecule has 2 atom stereocenters. The molecule has 2 rings (SSSR count). The summed E-state index contributed by atoms with van der Waals surface area (Å²) in [5.74, 6) is 0.676. The van der Waals surface area contributed by atoms with Gasteiger partial charge < -0.3 is 5.32 Å². The Morgan fingerprint density at radius 1 is 1.55 bits per heavy atom. The lowest BCUT2D eigenvalue weighted by Crippen LogP contribution is -2.40. The van der Waals surface area contributed by atoms with E-state index in [4.69, 9.17) is 0 Å². The number of benzene rings is 1. The molecular formula is C15H23N3O2. The predicted molar refractivity (Wildman–Crippen MR) is 79.7 cm³/mol. The van der Waals surface area contributed by atoms with E-state index < -0.39 is 0 Å². The number of piperidine rings is 1. The zero-order valence-electron chi connectivity index (χ0n) is 12.2. The van der Waals surface area contributed by atoms with Crippen molar-refractivity contribution in [1.82, 2.24) is 10.2 Å². The van der Waals surface area contributed by atoms with Crippen LogP contribution in [0.3, 0.4) is 0 Å². The van der Waals surface area contributed by atoms with Gasteiger partial charge in [-0.05, 0) is 51.4 Å². The SMILES string of the molecule is CNCC1CCCN(C(C)c2cccc([N+](=O)[O-])c2)C1. The smallest absolute Gasteiger partial charge is 0.269 e. The Bertz CT molecular complexity index is 462. The highest BCUT2D eigenvalue weighted by molar-refractivity contribution is 5.35. The van der Waals surface area contributed by atoms with Gasteiger partial charge in [-0.2, -0.15) is 0 Å². The van der Waals surface area contributed by atoms with E-state index in [9.17, 15) is 10.1 Å². The fraction of sp³-hybridized carbons (Fsp3) is 0.600. The quantitative estimate of drug-likeness (QED) is 0.664. The predicted octanol–water partition coefficient (Wildman–Crippen LogP) is 2.59. The molecule has 0 aliphatic carbocycles. The molecule has 1 heterocycles. The fourth-order valence-electron chi connectivity index (χ4n) is 3.01. The third-order valence-electron chi connectivity index (χ3n) is 4.15. The molecule has 0 aromatic heterocycles. The van der Waals surface area contributed by atoms with Crippen LogP contribution < -0.4 is 5.32 Å². The largest absolute Gasteiger partial charge is 0.319 e. The summed E-state index contributed by atoms with van der Waals surface area (Å²) < 4.78 is 0. The van der Waals surface area contributed by atoms with Crippen LogP contribution in [0.2, 0.25) is 0 Å². The van der Waals surface area contributed by atoms with Gasteiger partial charge >= 0.3 is 0 Å². The second kappa shape index (κ2) is 6.81. The highest BCUT2D eigenvalue weighted by Crippen LogP contribution is 2.28. The first kappa shape index (κ1) is 14.9. The van der Waals surface area contributed by atoms with Gasteiger partial charge in [0.05, 0.1) is 4.92 Å². The number of rotatable bonds is 5. The number of nitrogens with one attached hydrogen (secondary N) is 1. The van der Waals surface area contributed by atoms with E-state index in [2.05, 4.69) is 17.1 Å². The third-order valence-corrected chi connectivity index (χ3v) is 4.15. The zero-order valence-corrected chi connectivity index (χ0v) is 12.2. The zero-order chi connectivity index (χ0) is 14.5. The Morgan fingerprint density at radius 2 is 2.35 bits per heavy atom. The molecule has 2 unspecified atom stereocenters. The monoisotopic (exact) mass is 277 g/mol. The van der Waals surface area contributed by atoms with Crippen molar-refractivity contribution >= 4 is 5.69 Å². The maximum absolute atomic E-state index is 10.9. The van der Waals surface area contributed by atoms with Crippen LogP contribution in [-0.4, -0.2) is 36.5 Å². The summed E-state index contributed by atoms with van der Waals surface area (Å²) >= 11 is 0. The maximum atomic E-state index is 10.9. The summed E-state index contributed by atoms with van der Waals surface area (Å²) in [7, 11) is 1.99. The van der Waals surface area contributed by atoms with Gasteiger partial charge in [-0.15, -0.1) is 0 Å². The highest BCUT2D eigenvalue weighted by atomic mass is 16.6. The van der Waals surface area contributed by atoms with Crippen molar-refractivity contribution in [2.75, 3.05) is 26.7 Å². The summed E-state index contributed by atoms with van der Waals surface area (Å²) in [4.78, 5) is 13.0. The normalized spacial score (nSPS) is 21.6. The topological polar surface area (TPSA) is 58.4 Å². The van der Waals surface area contributed by atoms with Crippen molar-refractivity contribution < 1.29 is 4.92 Å². The van der Waals surface area contributed by atoms with E-state index in [1.54, 1.807) is 18.2 Å². The first-order valence-electron chi connectivity index (χ1n) is 7.25. The molecule has 1 aliphatic heterocycles. The number of hydrogen-bond donors (Lipinski definition) is 1. The Hall–Kier alpha value is -1.46. The summed E-state index contributed by atoms with van der Waals surface area (Å²) in [6, 6.07) is 7.25. The molecule has 0 radical (unpaired) electrons. The molecule has 0 bridgehead atoms. The van der Waals surface area contributed by atoms with Crippen LogP contribution in [0.5, 0.6) is 0 Å². The molecule has 5 heteroatoms. The van der Waals surface area contributed by atoms with E-state index >= 15 is 0 Å². The van der Waals surface area contributed by atoms with Gasteiger partial charge in [0.15, 0.2) is 0 Å². The molecule has 0 spiro atoms. The van der Waals surface area contributed by atoms with Crippen molar-refractivity contribution in [3.63, 3.8) is 0 Å².